The van der Waals surface area contributed by atoms with E-state index >= 15 is 0 Å². The Morgan fingerprint density at radius 1 is 1.44 bits per heavy atom. The second-order valence-electron chi connectivity index (χ2n) is 3.38. The smallest absolute Gasteiger partial charge is 0.233 e. The Kier molecular flexibility index (Phi) is 5.52. The normalized spacial score (nSPS) is 12.2. The number of aromatic nitrogens is 2. The summed E-state index contributed by atoms with van der Waals surface area (Å²) in [6, 6.07) is 0.0380. The van der Waals surface area contributed by atoms with Crippen molar-refractivity contribution in [1.29, 1.82) is 0 Å². The number of anilines is 1. The molecule has 0 saturated heterocycles. The SMILES string of the molecule is COCC(N)CCNc1cncc(OC)n1. The van der Waals surface area contributed by atoms with Crippen LogP contribution in [0.4, 0.5) is 5.82 Å². The van der Waals surface area contributed by atoms with E-state index in [0.717, 1.165) is 13.0 Å². The minimum atomic E-state index is 0.0380. The second kappa shape index (κ2) is 6.97. The minimum Gasteiger partial charge on any atom is -0.480 e. The molecule has 6 nitrogen and oxygen atoms in total. The van der Waals surface area contributed by atoms with E-state index in [-0.39, 0.29) is 6.04 Å². The van der Waals surface area contributed by atoms with Gasteiger partial charge >= 0.3 is 0 Å². The molecule has 6 heteroatoms. The molecular formula is C10H18N4O2. The van der Waals surface area contributed by atoms with E-state index in [9.17, 15) is 0 Å². The molecule has 1 unspecified atom stereocenters. The molecule has 0 aliphatic rings. The fraction of sp³-hybridized carbons (Fsp3) is 0.600. The first-order valence-electron chi connectivity index (χ1n) is 5.10. The first-order chi connectivity index (χ1) is 7.76. The standard InChI is InChI=1S/C10H18N4O2/c1-15-7-8(11)3-4-13-9-5-12-6-10(14-9)16-2/h5-6,8H,3-4,7,11H2,1-2H3,(H,13,14). The van der Waals surface area contributed by atoms with E-state index in [0.29, 0.717) is 18.3 Å². The van der Waals surface area contributed by atoms with Crippen LogP contribution in [0.15, 0.2) is 12.4 Å². The Labute approximate surface area is 95.2 Å². The summed E-state index contributed by atoms with van der Waals surface area (Å²) in [5.74, 6) is 1.18. The van der Waals surface area contributed by atoms with Gasteiger partial charge in [-0.15, -0.1) is 0 Å². The highest BCUT2D eigenvalue weighted by Gasteiger charge is 2.02. The van der Waals surface area contributed by atoms with Gasteiger partial charge in [-0.2, -0.15) is 4.98 Å². The fourth-order valence-electron chi connectivity index (χ4n) is 1.21. The average Bonchev–Trinajstić information content (AvgIpc) is 2.30. The Balaban J connectivity index is 2.31. The molecule has 90 valence electrons. The van der Waals surface area contributed by atoms with Gasteiger partial charge in [-0.3, -0.25) is 4.98 Å². The van der Waals surface area contributed by atoms with Crippen molar-refractivity contribution in [3.63, 3.8) is 0 Å². The predicted octanol–water partition coefficient (Wildman–Crippen LogP) is 0.261. The van der Waals surface area contributed by atoms with Gasteiger partial charge in [0.15, 0.2) is 0 Å². The van der Waals surface area contributed by atoms with Crippen molar-refractivity contribution in [2.45, 2.75) is 12.5 Å². The van der Waals surface area contributed by atoms with E-state index < -0.39 is 0 Å². The molecule has 0 spiro atoms. The van der Waals surface area contributed by atoms with Crippen LogP contribution in [0, 0.1) is 0 Å². The van der Waals surface area contributed by atoms with Gasteiger partial charge in [0.1, 0.15) is 5.82 Å². The van der Waals surface area contributed by atoms with Crippen LogP contribution in [0.25, 0.3) is 0 Å². The molecule has 1 rings (SSSR count). The van der Waals surface area contributed by atoms with Crippen molar-refractivity contribution in [3.8, 4) is 5.88 Å². The molecule has 16 heavy (non-hydrogen) atoms. The summed E-state index contributed by atoms with van der Waals surface area (Å²) in [5.41, 5.74) is 5.78. The van der Waals surface area contributed by atoms with Crippen LogP contribution in [-0.4, -0.2) is 43.4 Å². The third-order valence-electron chi connectivity index (χ3n) is 2.02. The summed E-state index contributed by atoms with van der Waals surface area (Å²) < 4.78 is 9.90. The molecule has 0 aromatic carbocycles. The number of ether oxygens (including phenoxy) is 2. The third-order valence-corrected chi connectivity index (χ3v) is 2.02. The van der Waals surface area contributed by atoms with Crippen molar-refractivity contribution < 1.29 is 9.47 Å². The summed E-state index contributed by atoms with van der Waals surface area (Å²) in [7, 11) is 3.20. The van der Waals surface area contributed by atoms with E-state index in [2.05, 4.69) is 15.3 Å². The summed E-state index contributed by atoms with van der Waals surface area (Å²) >= 11 is 0. The molecule has 3 N–H and O–H groups in total. The molecule has 1 atom stereocenters. The van der Waals surface area contributed by atoms with Gasteiger partial charge in [-0.1, -0.05) is 0 Å². The first kappa shape index (κ1) is 12.7. The zero-order valence-corrected chi connectivity index (χ0v) is 9.64. The maximum absolute atomic E-state index is 5.78. The summed E-state index contributed by atoms with van der Waals surface area (Å²) in [6.07, 6.45) is 4.01. The van der Waals surface area contributed by atoms with Crippen molar-refractivity contribution in [3.05, 3.63) is 12.4 Å². The number of methoxy groups -OCH3 is 2. The van der Waals surface area contributed by atoms with Gasteiger partial charge in [0.05, 0.1) is 26.1 Å². The van der Waals surface area contributed by atoms with Crippen LogP contribution in [0.2, 0.25) is 0 Å². The molecule has 0 fully saturated rings. The predicted molar refractivity (Wildman–Crippen MR) is 61.5 cm³/mol. The van der Waals surface area contributed by atoms with Crippen LogP contribution in [0.5, 0.6) is 5.88 Å². The topological polar surface area (TPSA) is 82.3 Å². The first-order valence-corrected chi connectivity index (χ1v) is 5.10. The van der Waals surface area contributed by atoms with Gasteiger partial charge in [0.25, 0.3) is 0 Å². The largest absolute Gasteiger partial charge is 0.480 e. The van der Waals surface area contributed by atoms with Crippen molar-refractivity contribution >= 4 is 5.82 Å². The van der Waals surface area contributed by atoms with Crippen LogP contribution in [-0.2, 0) is 4.74 Å². The maximum Gasteiger partial charge on any atom is 0.233 e. The van der Waals surface area contributed by atoms with Crippen LogP contribution >= 0.6 is 0 Å². The molecular weight excluding hydrogens is 208 g/mol. The Morgan fingerprint density at radius 3 is 2.94 bits per heavy atom. The monoisotopic (exact) mass is 226 g/mol. The molecule has 0 amide bonds. The second-order valence-corrected chi connectivity index (χ2v) is 3.38. The average molecular weight is 226 g/mol. The van der Waals surface area contributed by atoms with Crippen molar-refractivity contribution in [2.24, 2.45) is 5.73 Å². The highest BCUT2D eigenvalue weighted by molar-refractivity contribution is 5.32. The van der Waals surface area contributed by atoms with Gasteiger partial charge in [-0.25, -0.2) is 0 Å². The Hall–Kier alpha value is -1.40. The maximum atomic E-state index is 5.78. The molecule has 0 radical (unpaired) electrons. The molecule has 1 heterocycles. The lowest BCUT2D eigenvalue weighted by Crippen LogP contribution is -2.28. The number of rotatable bonds is 7. The van der Waals surface area contributed by atoms with E-state index in [1.165, 1.54) is 0 Å². The molecule has 0 aliphatic heterocycles. The van der Waals surface area contributed by atoms with Gasteiger partial charge in [0.2, 0.25) is 5.88 Å². The quantitative estimate of drug-likeness (QED) is 0.694. The van der Waals surface area contributed by atoms with E-state index in [4.69, 9.17) is 15.2 Å². The fourth-order valence-corrected chi connectivity index (χ4v) is 1.21. The molecule has 1 aromatic heterocycles. The molecule has 0 saturated carbocycles. The number of nitrogens with two attached hydrogens (primary N) is 1. The Morgan fingerprint density at radius 2 is 2.25 bits per heavy atom. The lowest BCUT2D eigenvalue weighted by Gasteiger charge is -2.11. The van der Waals surface area contributed by atoms with Crippen LogP contribution < -0.4 is 15.8 Å². The van der Waals surface area contributed by atoms with Crippen LogP contribution in [0.3, 0.4) is 0 Å². The number of nitrogens with one attached hydrogen (secondary N) is 1. The highest BCUT2D eigenvalue weighted by Crippen LogP contribution is 2.07. The van der Waals surface area contributed by atoms with Crippen molar-refractivity contribution in [2.75, 3.05) is 32.7 Å². The minimum absolute atomic E-state index is 0.0380. The molecule has 0 aliphatic carbocycles. The zero-order chi connectivity index (χ0) is 11.8. The lowest BCUT2D eigenvalue weighted by atomic mass is 10.2. The van der Waals surface area contributed by atoms with Gasteiger partial charge in [-0.05, 0) is 6.42 Å². The van der Waals surface area contributed by atoms with Crippen molar-refractivity contribution in [1.82, 2.24) is 9.97 Å². The lowest BCUT2D eigenvalue weighted by molar-refractivity contribution is 0.178. The van der Waals surface area contributed by atoms with Gasteiger partial charge < -0.3 is 20.5 Å². The third kappa shape index (κ3) is 4.41. The molecule has 1 aromatic rings. The van der Waals surface area contributed by atoms with Crippen LogP contribution in [0.1, 0.15) is 6.42 Å². The number of hydrogen-bond acceptors (Lipinski definition) is 6. The summed E-state index contributed by atoms with van der Waals surface area (Å²) in [4.78, 5) is 8.15. The summed E-state index contributed by atoms with van der Waals surface area (Å²) in [6.45, 7) is 1.29. The summed E-state index contributed by atoms with van der Waals surface area (Å²) in [5, 5.41) is 3.12. The molecule has 0 bridgehead atoms. The zero-order valence-electron chi connectivity index (χ0n) is 9.64. The highest BCUT2D eigenvalue weighted by atomic mass is 16.5. The van der Waals surface area contributed by atoms with E-state index in [1.807, 2.05) is 0 Å². The van der Waals surface area contributed by atoms with Gasteiger partial charge in [0, 0.05) is 19.7 Å². The number of nitrogens with zero attached hydrogens (tertiary/aromatic N) is 2. The van der Waals surface area contributed by atoms with E-state index in [1.54, 1.807) is 26.6 Å². The Bertz CT molecular complexity index is 309. The number of hydrogen-bond donors (Lipinski definition) is 2.